The van der Waals surface area contributed by atoms with Crippen LogP contribution in [0.3, 0.4) is 0 Å². The predicted octanol–water partition coefficient (Wildman–Crippen LogP) is 7.19. The number of ketones is 1. The highest BCUT2D eigenvalue weighted by atomic mass is 32.2. The standard InChI is InChI=1S/C28H20F6O5S/c1-14-5-2-10-19-20(14)23(35)26(13-40-19,11-15-6-3-8-17(24(36)37)21(15)27(29,30)31)12-16-7-4-9-18(25(38)39)22(16)28(32,33)34/h2-10H,11-13H2,1H3,(H,36,37)(H,38,39). The van der Waals surface area contributed by atoms with E-state index >= 15 is 0 Å². The molecule has 0 aromatic heterocycles. The second-order valence-electron chi connectivity index (χ2n) is 9.48. The van der Waals surface area contributed by atoms with Gasteiger partial charge in [0.15, 0.2) is 5.78 Å². The van der Waals surface area contributed by atoms with Gasteiger partial charge in [0.1, 0.15) is 0 Å². The predicted molar refractivity (Wildman–Crippen MR) is 133 cm³/mol. The maximum Gasteiger partial charge on any atom is 0.417 e. The number of aryl methyl sites for hydroxylation is 1. The van der Waals surface area contributed by atoms with Crippen molar-refractivity contribution in [3.63, 3.8) is 0 Å². The average Bonchev–Trinajstić information content (AvgIpc) is 2.84. The van der Waals surface area contributed by atoms with E-state index < -0.39 is 81.7 Å². The lowest BCUT2D eigenvalue weighted by Crippen LogP contribution is -2.42. The molecule has 0 unspecified atom stereocenters. The van der Waals surface area contributed by atoms with Crippen molar-refractivity contribution >= 4 is 29.5 Å². The summed E-state index contributed by atoms with van der Waals surface area (Å²) in [5.74, 6) is -4.66. The molecule has 210 valence electrons. The number of carbonyl (C=O) groups is 3. The Morgan fingerprint density at radius 2 is 1.25 bits per heavy atom. The van der Waals surface area contributed by atoms with E-state index in [0.717, 1.165) is 48.2 Å². The summed E-state index contributed by atoms with van der Waals surface area (Å²) in [5, 5.41) is 18.9. The molecule has 2 N–H and O–H groups in total. The Hall–Kier alpha value is -3.80. The Morgan fingerprint density at radius 3 is 1.68 bits per heavy atom. The molecule has 0 saturated heterocycles. The maximum absolute atomic E-state index is 14.2. The fourth-order valence-corrected chi connectivity index (χ4v) is 6.51. The first kappa shape index (κ1) is 29.2. The summed E-state index contributed by atoms with van der Waals surface area (Å²) >= 11 is 1.08. The highest BCUT2D eigenvalue weighted by Gasteiger charge is 2.48. The number of thioether (sulfide) groups is 1. The van der Waals surface area contributed by atoms with E-state index in [1.54, 1.807) is 25.1 Å². The Bertz CT molecular complexity index is 1450. The number of carbonyl (C=O) groups excluding carboxylic acids is 1. The normalized spacial score (nSPS) is 15.0. The topological polar surface area (TPSA) is 91.7 Å². The molecule has 12 heteroatoms. The average molecular weight is 583 g/mol. The number of halogens is 6. The van der Waals surface area contributed by atoms with Gasteiger partial charge in [-0.25, -0.2) is 9.59 Å². The number of benzene rings is 3. The van der Waals surface area contributed by atoms with E-state index in [1.807, 2.05) is 0 Å². The van der Waals surface area contributed by atoms with Gasteiger partial charge in [0.05, 0.1) is 27.7 Å². The number of hydrogen-bond acceptors (Lipinski definition) is 4. The minimum atomic E-state index is -5.15. The SMILES string of the molecule is Cc1cccc2c1C(=O)C(Cc1cccc(C(=O)O)c1C(F)(F)F)(Cc1cccc(C(=O)O)c1C(F)(F)F)CS2. The molecular weight excluding hydrogens is 562 g/mol. The van der Waals surface area contributed by atoms with Crippen LogP contribution < -0.4 is 0 Å². The van der Waals surface area contributed by atoms with Gasteiger partial charge in [-0.1, -0.05) is 36.4 Å². The van der Waals surface area contributed by atoms with Gasteiger partial charge in [0, 0.05) is 16.2 Å². The molecule has 0 aliphatic carbocycles. The van der Waals surface area contributed by atoms with Crippen LogP contribution in [0, 0.1) is 12.3 Å². The molecular formula is C28H20F6O5S. The van der Waals surface area contributed by atoms with E-state index in [-0.39, 0.29) is 11.3 Å². The third-order valence-electron chi connectivity index (χ3n) is 6.83. The quantitative estimate of drug-likeness (QED) is 0.299. The van der Waals surface area contributed by atoms with Crippen molar-refractivity contribution in [1.29, 1.82) is 0 Å². The van der Waals surface area contributed by atoms with Crippen molar-refractivity contribution in [2.45, 2.75) is 37.0 Å². The fraction of sp³-hybridized carbons (Fsp3) is 0.250. The zero-order valence-electron chi connectivity index (χ0n) is 20.6. The van der Waals surface area contributed by atoms with Crippen molar-refractivity contribution in [2.24, 2.45) is 5.41 Å². The number of Topliss-reactive ketones (excluding diaryl/α,β-unsaturated/α-hetero) is 1. The second kappa shape index (κ2) is 10.3. The summed E-state index contributed by atoms with van der Waals surface area (Å²) < 4.78 is 85.0. The first-order valence-corrected chi connectivity index (χ1v) is 12.7. The highest BCUT2D eigenvalue weighted by molar-refractivity contribution is 7.99. The van der Waals surface area contributed by atoms with Gasteiger partial charge in [-0.15, -0.1) is 11.8 Å². The molecule has 1 aliphatic rings. The molecule has 0 atom stereocenters. The highest BCUT2D eigenvalue weighted by Crippen LogP contribution is 2.48. The molecule has 3 aromatic carbocycles. The van der Waals surface area contributed by atoms with Gasteiger partial charge in [-0.2, -0.15) is 26.3 Å². The van der Waals surface area contributed by atoms with Gasteiger partial charge in [0.25, 0.3) is 0 Å². The largest absolute Gasteiger partial charge is 0.478 e. The number of aromatic carboxylic acids is 2. The molecule has 0 spiro atoms. The monoisotopic (exact) mass is 582 g/mol. The van der Waals surface area contributed by atoms with E-state index in [9.17, 15) is 50.9 Å². The number of carboxylic acid groups (broad SMARTS) is 2. The smallest absolute Gasteiger partial charge is 0.417 e. The minimum absolute atomic E-state index is 0.143. The van der Waals surface area contributed by atoms with Crippen LogP contribution in [0.5, 0.6) is 0 Å². The minimum Gasteiger partial charge on any atom is -0.478 e. The Morgan fingerprint density at radius 1 is 0.800 bits per heavy atom. The van der Waals surface area contributed by atoms with Crippen LogP contribution in [0.2, 0.25) is 0 Å². The van der Waals surface area contributed by atoms with Crippen LogP contribution >= 0.6 is 11.8 Å². The third-order valence-corrected chi connectivity index (χ3v) is 8.18. The lowest BCUT2D eigenvalue weighted by Gasteiger charge is -2.38. The van der Waals surface area contributed by atoms with Crippen LogP contribution in [0.15, 0.2) is 59.5 Å². The van der Waals surface area contributed by atoms with E-state index in [1.165, 1.54) is 0 Å². The molecule has 0 fully saturated rings. The van der Waals surface area contributed by atoms with E-state index in [2.05, 4.69) is 0 Å². The number of alkyl halides is 6. The zero-order valence-corrected chi connectivity index (χ0v) is 21.4. The molecule has 40 heavy (non-hydrogen) atoms. The zero-order chi connectivity index (χ0) is 29.6. The maximum atomic E-state index is 14.2. The van der Waals surface area contributed by atoms with Crippen molar-refractivity contribution in [2.75, 3.05) is 5.75 Å². The van der Waals surface area contributed by atoms with Crippen LogP contribution in [0.1, 0.15) is 58.9 Å². The van der Waals surface area contributed by atoms with Gasteiger partial charge >= 0.3 is 24.3 Å². The van der Waals surface area contributed by atoms with Crippen LogP contribution in [-0.4, -0.2) is 33.7 Å². The number of rotatable bonds is 6. The van der Waals surface area contributed by atoms with Gasteiger partial charge < -0.3 is 10.2 Å². The third kappa shape index (κ3) is 5.32. The summed E-state index contributed by atoms with van der Waals surface area (Å²) in [5.41, 5.74) is -7.54. The summed E-state index contributed by atoms with van der Waals surface area (Å²) in [6.07, 6.45) is -11.8. The van der Waals surface area contributed by atoms with Crippen molar-refractivity contribution in [3.8, 4) is 0 Å². The van der Waals surface area contributed by atoms with Crippen molar-refractivity contribution < 1.29 is 50.9 Å². The number of carboxylic acids is 2. The molecule has 0 amide bonds. The van der Waals surface area contributed by atoms with Crippen molar-refractivity contribution in [3.05, 3.63) is 99.1 Å². The van der Waals surface area contributed by atoms with E-state index in [4.69, 9.17) is 0 Å². The van der Waals surface area contributed by atoms with Crippen LogP contribution in [-0.2, 0) is 25.2 Å². The Kier molecular flexibility index (Phi) is 7.52. The molecule has 4 rings (SSSR count). The summed E-state index contributed by atoms with van der Waals surface area (Å²) in [4.78, 5) is 37.9. The first-order chi connectivity index (χ1) is 18.6. The fourth-order valence-electron chi connectivity index (χ4n) is 5.17. The lowest BCUT2D eigenvalue weighted by molar-refractivity contribution is -0.139. The Labute approximate surface area is 227 Å². The summed E-state index contributed by atoms with van der Waals surface area (Å²) in [6, 6.07) is 10.5. The molecule has 3 aromatic rings. The molecule has 5 nitrogen and oxygen atoms in total. The Balaban J connectivity index is 1.99. The summed E-state index contributed by atoms with van der Waals surface area (Å²) in [6.45, 7) is 1.59. The number of fused-ring (bicyclic) bond motifs is 1. The van der Waals surface area contributed by atoms with Gasteiger partial charge in [0.2, 0.25) is 0 Å². The first-order valence-electron chi connectivity index (χ1n) is 11.7. The molecule has 1 aliphatic heterocycles. The molecule has 0 bridgehead atoms. The van der Waals surface area contributed by atoms with Gasteiger partial charge in [-0.05, 0) is 54.7 Å². The van der Waals surface area contributed by atoms with Crippen LogP contribution in [0.4, 0.5) is 26.3 Å². The molecule has 0 radical (unpaired) electrons. The van der Waals surface area contributed by atoms with Crippen LogP contribution in [0.25, 0.3) is 0 Å². The van der Waals surface area contributed by atoms with Gasteiger partial charge in [-0.3, -0.25) is 4.79 Å². The molecule has 0 saturated carbocycles. The number of hydrogen-bond donors (Lipinski definition) is 2. The molecule has 1 heterocycles. The second-order valence-corrected chi connectivity index (χ2v) is 10.5. The van der Waals surface area contributed by atoms with E-state index in [0.29, 0.717) is 10.5 Å². The summed E-state index contributed by atoms with van der Waals surface area (Å²) in [7, 11) is 0. The lowest BCUT2D eigenvalue weighted by atomic mass is 9.70. The van der Waals surface area contributed by atoms with Crippen molar-refractivity contribution in [1.82, 2.24) is 0 Å².